The number of fused-ring (bicyclic) bond motifs is 1. The number of H-pyrrole nitrogens is 1. The van der Waals surface area contributed by atoms with Crippen LogP contribution in [0.4, 0.5) is 5.95 Å². The molecule has 3 aromatic rings. The molecular formula is C13H15N7S. The van der Waals surface area contributed by atoms with Gasteiger partial charge in [-0.2, -0.15) is 10.1 Å². The van der Waals surface area contributed by atoms with E-state index in [0.717, 1.165) is 29.1 Å². The highest BCUT2D eigenvalue weighted by atomic mass is 32.2. The first-order valence-corrected chi connectivity index (χ1v) is 7.50. The Morgan fingerprint density at radius 2 is 2.19 bits per heavy atom. The van der Waals surface area contributed by atoms with Gasteiger partial charge < -0.3 is 5.32 Å². The molecule has 0 radical (unpaired) electrons. The maximum atomic E-state index is 4.54. The Bertz CT molecular complexity index is 755. The minimum atomic E-state index is 0.587. The van der Waals surface area contributed by atoms with Crippen molar-refractivity contribution in [3.8, 4) is 0 Å². The van der Waals surface area contributed by atoms with Gasteiger partial charge in [-0.3, -0.25) is 5.10 Å². The molecule has 0 fully saturated rings. The van der Waals surface area contributed by atoms with Crippen LogP contribution in [-0.2, 0) is 0 Å². The van der Waals surface area contributed by atoms with Gasteiger partial charge in [0.15, 0.2) is 10.8 Å². The zero-order chi connectivity index (χ0) is 14.7. The third-order valence-corrected chi connectivity index (χ3v) is 3.65. The van der Waals surface area contributed by atoms with Crippen LogP contribution in [0.15, 0.2) is 28.6 Å². The van der Waals surface area contributed by atoms with Crippen molar-refractivity contribution in [1.82, 2.24) is 30.1 Å². The zero-order valence-electron chi connectivity index (χ0n) is 11.8. The van der Waals surface area contributed by atoms with Crippen molar-refractivity contribution in [2.75, 3.05) is 11.9 Å². The summed E-state index contributed by atoms with van der Waals surface area (Å²) in [7, 11) is 0. The molecule has 3 aromatic heterocycles. The standard InChI is InChI=1S/C13H15N7S/c1-3-5-14-12-18-10-9(7-16-20-10)11(19-12)21-13-15-6-4-8(2)17-13/h4,6-7H,3,5H2,1-2H3,(H2,14,16,18,19,20). The summed E-state index contributed by atoms with van der Waals surface area (Å²) < 4.78 is 0. The maximum absolute atomic E-state index is 4.54. The number of nitrogens with zero attached hydrogens (tertiary/aromatic N) is 5. The lowest BCUT2D eigenvalue weighted by Crippen LogP contribution is -2.05. The van der Waals surface area contributed by atoms with E-state index in [4.69, 9.17) is 0 Å². The quantitative estimate of drug-likeness (QED) is 0.552. The molecule has 108 valence electrons. The SMILES string of the molecule is CCCNc1nc(Sc2nccc(C)n2)c2cn[nH]c2n1. The summed E-state index contributed by atoms with van der Waals surface area (Å²) in [5.74, 6) is 0.587. The molecule has 0 amide bonds. The summed E-state index contributed by atoms with van der Waals surface area (Å²) in [4.78, 5) is 17.6. The Hall–Kier alpha value is -2.22. The fourth-order valence-corrected chi connectivity index (χ4v) is 2.63. The van der Waals surface area contributed by atoms with Crippen LogP contribution in [0.1, 0.15) is 19.0 Å². The monoisotopic (exact) mass is 301 g/mol. The van der Waals surface area contributed by atoms with Crippen molar-refractivity contribution in [2.24, 2.45) is 0 Å². The van der Waals surface area contributed by atoms with Gasteiger partial charge in [0.05, 0.1) is 11.6 Å². The van der Waals surface area contributed by atoms with E-state index < -0.39 is 0 Å². The van der Waals surface area contributed by atoms with Crippen LogP contribution in [-0.4, -0.2) is 36.7 Å². The first-order valence-electron chi connectivity index (χ1n) is 6.68. The van der Waals surface area contributed by atoms with Gasteiger partial charge in [-0.25, -0.2) is 15.0 Å². The van der Waals surface area contributed by atoms with E-state index in [9.17, 15) is 0 Å². The Morgan fingerprint density at radius 3 is 3.00 bits per heavy atom. The van der Waals surface area contributed by atoms with Crippen molar-refractivity contribution in [2.45, 2.75) is 30.5 Å². The second-order valence-electron chi connectivity index (χ2n) is 4.49. The van der Waals surface area contributed by atoms with Crippen molar-refractivity contribution >= 4 is 28.7 Å². The van der Waals surface area contributed by atoms with Gasteiger partial charge >= 0.3 is 0 Å². The number of aromatic amines is 1. The molecule has 0 aliphatic heterocycles. The normalized spacial score (nSPS) is 11.0. The number of aromatic nitrogens is 6. The lowest BCUT2D eigenvalue weighted by atomic mass is 10.4. The number of hydrogen-bond acceptors (Lipinski definition) is 7. The summed E-state index contributed by atoms with van der Waals surface area (Å²) in [6.07, 6.45) is 4.47. The molecule has 21 heavy (non-hydrogen) atoms. The van der Waals surface area contributed by atoms with Gasteiger partial charge in [-0.05, 0) is 31.2 Å². The smallest absolute Gasteiger partial charge is 0.225 e. The van der Waals surface area contributed by atoms with E-state index in [0.29, 0.717) is 16.8 Å². The summed E-state index contributed by atoms with van der Waals surface area (Å²) in [5, 5.41) is 12.4. The van der Waals surface area contributed by atoms with Crippen LogP contribution < -0.4 is 5.32 Å². The Kier molecular flexibility index (Phi) is 3.96. The molecule has 0 aromatic carbocycles. The van der Waals surface area contributed by atoms with Crippen LogP contribution in [0.3, 0.4) is 0 Å². The fraction of sp³-hybridized carbons (Fsp3) is 0.308. The van der Waals surface area contributed by atoms with E-state index >= 15 is 0 Å². The molecule has 0 saturated heterocycles. The molecular weight excluding hydrogens is 286 g/mol. The Balaban J connectivity index is 1.97. The van der Waals surface area contributed by atoms with Gasteiger partial charge in [0.1, 0.15) is 5.03 Å². The van der Waals surface area contributed by atoms with Crippen LogP contribution >= 0.6 is 11.8 Å². The van der Waals surface area contributed by atoms with Gasteiger partial charge in [0, 0.05) is 18.4 Å². The molecule has 3 heterocycles. The molecule has 8 heteroatoms. The largest absolute Gasteiger partial charge is 0.354 e. The number of anilines is 1. The topological polar surface area (TPSA) is 92.3 Å². The van der Waals surface area contributed by atoms with Crippen molar-refractivity contribution in [1.29, 1.82) is 0 Å². The summed E-state index contributed by atoms with van der Waals surface area (Å²) in [5.41, 5.74) is 1.63. The molecule has 0 atom stereocenters. The molecule has 0 unspecified atom stereocenters. The van der Waals surface area contributed by atoms with Crippen molar-refractivity contribution in [3.63, 3.8) is 0 Å². The van der Waals surface area contributed by atoms with Crippen molar-refractivity contribution in [3.05, 3.63) is 24.2 Å². The molecule has 0 aliphatic carbocycles. The average Bonchev–Trinajstić information content (AvgIpc) is 2.94. The van der Waals surface area contributed by atoms with Crippen LogP contribution in [0, 0.1) is 6.92 Å². The number of aryl methyl sites for hydroxylation is 1. The van der Waals surface area contributed by atoms with E-state index in [-0.39, 0.29) is 0 Å². The summed E-state index contributed by atoms with van der Waals surface area (Å²) in [6, 6.07) is 1.87. The van der Waals surface area contributed by atoms with Gasteiger partial charge in [-0.1, -0.05) is 6.92 Å². The predicted molar refractivity (Wildman–Crippen MR) is 81.4 cm³/mol. The maximum Gasteiger partial charge on any atom is 0.225 e. The highest BCUT2D eigenvalue weighted by Gasteiger charge is 2.12. The molecule has 0 bridgehead atoms. The predicted octanol–water partition coefficient (Wildman–Crippen LogP) is 2.42. The number of rotatable bonds is 5. The first-order chi connectivity index (χ1) is 10.3. The van der Waals surface area contributed by atoms with E-state index in [1.807, 2.05) is 13.0 Å². The molecule has 0 aliphatic rings. The first kappa shape index (κ1) is 13.7. The van der Waals surface area contributed by atoms with Crippen molar-refractivity contribution < 1.29 is 0 Å². The number of nitrogens with one attached hydrogen (secondary N) is 2. The van der Waals surface area contributed by atoms with E-state index in [2.05, 4.69) is 42.4 Å². The van der Waals surface area contributed by atoms with Crippen LogP contribution in [0.5, 0.6) is 0 Å². The van der Waals surface area contributed by atoms with Crippen LogP contribution in [0.25, 0.3) is 11.0 Å². The van der Waals surface area contributed by atoms with Crippen LogP contribution in [0.2, 0.25) is 0 Å². The molecule has 7 nitrogen and oxygen atoms in total. The third-order valence-electron chi connectivity index (χ3n) is 2.77. The number of hydrogen-bond donors (Lipinski definition) is 2. The van der Waals surface area contributed by atoms with Gasteiger partial charge in [-0.15, -0.1) is 0 Å². The average molecular weight is 301 g/mol. The molecule has 0 spiro atoms. The van der Waals surface area contributed by atoms with Gasteiger partial charge in [0.25, 0.3) is 0 Å². The van der Waals surface area contributed by atoms with Gasteiger partial charge in [0.2, 0.25) is 5.95 Å². The Morgan fingerprint density at radius 1 is 1.29 bits per heavy atom. The highest BCUT2D eigenvalue weighted by molar-refractivity contribution is 7.99. The highest BCUT2D eigenvalue weighted by Crippen LogP contribution is 2.29. The molecule has 0 saturated carbocycles. The zero-order valence-corrected chi connectivity index (χ0v) is 12.6. The minimum absolute atomic E-state index is 0.587. The second kappa shape index (κ2) is 6.04. The Labute approximate surface area is 126 Å². The van der Waals surface area contributed by atoms with E-state index in [1.165, 1.54) is 11.8 Å². The molecule has 3 rings (SSSR count). The third kappa shape index (κ3) is 3.10. The second-order valence-corrected chi connectivity index (χ2v) is 5.45. The lowest BCUT2D eigenvalue weighted by Gasteiger charge is -2.06. The minimum Gasteiger partial charge on any atom is -0.354 e. The molecule has 2 N–H and O–H groups in total. The lowest BCUT2D eigenvalue weighted by molar-refractivity contribution is 0.922. The summed E-state index contributed by atoms with van der Waals surface area (Å²) >= 11 is 1.41. The summed E-state index contributed by atoms with van der Waals surface area (Å²) in [6.45, 7) is 4.86. The van der Waals surface area contributed by atoms with E-state index in [1.54, 1.807) is 12.4 Å². The fourth-order valence-electron chi connectivity index (χ4n) is 1.76.